The molecule has 0 heterocycles. The smallest absolute Gasteiger partial charge is 0.165 e. The Balaban J connectivity index is 2.33. The molecule has 2 aromatic carbocycles. The van der Waals surface area contributed by atoms with Crippen LogP contribution in [0.25, 0.3) is 0 Å². The third-order valence-corrected chi connectivity index (χ3v) is 2.48. The maximum absolute atomic E-state index is 13.4. The normalized spacial score (nSPS) is 10.3. The van der Waals surface area contributed by atoms with Crippen molar-refractivity contribution in [3.63, 3.8) is 0 Å². The van der Waals surface area contributed by atoms with Gasteiger partial charge >= 0.3 is 0 Å². The lowest BCUT2D eigenvalue weighted by molar-refractivity contribution is 0.276. The van der Waals surface area contributed by atoms with Crippen LogP contribution in [0.2, 0.25) is 5.02 Å². The van der Waals surface area contributed by atoms with Gasteiger partial charge in [-0.2, -0.15) is 0 Å². The van der Waals surface area contributed by atoms with E-state index in [1.165, 1.54) is 12.1 Å². The minimum atomic E-state index is -0.452. The number of halogens is 2. The molecule has 0 aromatic heterocycles. The maximum atomic E-state index is 13.4. The Kier molecular flexibility index (Phi) is 3.61. The van der Waals surface area contributed by atoms with Crippen molar-refractivity contribution < 1.29 is 14.2 Å². The van der Waals surface area contributed by atoms with E-state index in [1.54, 1.807) is 30.3 Å². The van der Waals surface area contributed by atoms with Crippen molar-refractivity contribution in [2.45, 2.75) is 6.61 Å². The van der Waals surface area contributed by atoms with Crippen molar-refractivity contribution in [1.82, 2.24) is 0 Å². The number of hydrogen-bond donors (Lipinski definition) is 1. The van der Waals surface area contributed by atoms with Crippen molar-refractivity contribution in [2.75, 3.05) is 0 Å². The highest BCUT2D eigenvalue weighted by Crippen LogP contribution is 2.29. The van der Waals surface area contributed by atoms with Crippen LogP contribution >= 0.6 is 11.6 Å². The van der Waals surface area contributed by atoms with Crippen LogP contribution < -0.4 is 4.74 Å². The topological polar surface area (TPSA) is 29.5 Å². The SMILES string of the molecule is OCc1cc(Cl)ccc1Oc1ccccc1F. The number of aliphatic hydroxyl groups excluding tert-OH is 1. The quantitative estimate of drug-likeness (QED) is 0.901. The third-order valence-electron chi connectivity index (χ3n) is 2.25. The van der Waals surface area contributed by atoms with Gasteiger partial charge < -0.3 is 9.84 Å². The number of aliphatic hydroxyl groups is 1. The van der Waals surface area contributed by atoms with Crippen LogP contribution in [-0.2, 0) is 6.61 Å². The summed E-state index contributed by atoms with van der Waals surface area (Å²) in [6.45, 7) is -0.218. The number of para-hydroxylation sites is 1. The zero-order valence-electron chi connectivity index (χ0n) is 8.86. The summed E-state index contributed by atoms with van der Waals surface area (Å²) in [7, 11) is 0. The van der Waals surface area contributed by atoms with Gasteiger partial charge in [0.05, 0.1) is 6.61 Å². The summed E-state index contributed by atoms with van der Waals surface area (Å²) in [5.74, 6) is 0.0536. The molecule has 88 valence electrons. The largest absolute Gasteiger partial charge is 0.454 e. The second-order valence-electron chi connectivity index (χ2n) is 3.44. The zero-order valence-corrected chi connectivity index (χ0v) is 9.62. The molecule has 0 spiro atoms. The molecule has 0 saturated heterocycles. The minimum Gasteiger partial charge on any atom is -0.454 e. The van der Waals surface area contributed by atoms with Gasteiger partial charge in [0.15, 0.2) is 11.6 Å². The molecule has 0 unspecified atom stereocenters. The van der Waals surface area contributed by atoms with Crippen LogP contribution in [0.3, 0.4) is 0 Å². The number of benzene rings is 2. The van der Waals surface area contributed by atoms with Crippen molar-refractivity contribution >= 4 is 11.6 Å². The fourth-order valence-electron chi connectivity index (χ4n) is 1.42. The molecule has 0 aliphatic carbocycles. The van der Waals surface area contributed by atoms with Gasteiger partial charge in [-0.05, 0) is 30.3 Å². The van der Waals surface area contributed by atoms with E-state index in [9.17, 15) is 4.39 Å². The van der Waals surface area contributed by atoms with Crippen molar-refractivity contribution in [3.05, 3.63) is 58.9 Å². The minimum absolute atomic E-state index is 0.115. The van der Waals surface area contributed by atoms with Gasteiger partial charge in [0.2, 0.25) is 0 Å². The Labute approximate surface area is 103 Å². The lowest BCUT2D eigenvalue weighted by atomic mass is 10.2. The predicted octanol–water partition coefficient (Wildman–Crippen LogP) is 3.76. The molecular formula is C13H10ClFO2. The number of rotatable bonds is 3. The molecule has 2 nitrogen and oxygen atoms in total. The van der Waals surface area contributed by atoms with Crippen LogP contribution in [0.5, 0.6) is 11.5 Å². The van der Waals surface area contributed by atoms with Crippen LogP contribution in [0.4, 0.5) is 4.39 Å². The fraction of sp³-hybridized carbons (Fsp3) is 0.0769. The van der Waals surface area contributed by atoms with Gasteiger partial charge in [-0.15, -0.1) is 0 Å². The zero-order chi connectivity index (χ0) is 12.3. The van der Waals surface area contributed by atoms with E-state index in [1.807, 2.05) is 0 Å². The highest BCUT2D eigenvalue weighted by Gasteiger charge is 2.08. The molecule has 1 N–H and O–H groups in total. The first-order chi connectivity index (χ1) is 8.20. The van der Waals surface area contributed by atoms with Crippen LogP contribution in [0.15, 0.2) is 42.5 Å². The molecule has 17 heavy (non-hydrogen) atoms. The summed E-state index contributed by atoms with van der Waals surface area (Å²) in [5, 5.41) is 9.65. The van der Waals surface area contributed by atoms with E-state index in [2.05, 4.69) is 0 Å². The molecule has 4 heteroatoms. The highest BCUT2D eigenvalue weighted by atomic mass is 35.5. The Morgan fingerprint density at radius 3 is 2.59 bits per heavy atom. The van der Waals surface area contributed by atoms with E-state index in [0.717, 1.165) is 0 Å². The summed E-state index contributed by atoms with van der Waals surface area (Å²) in [6, 6.07) is 10.9. The van der Waals surface area contributed by atoms with Gasteiger partial charge in [0.25, 0.3) is 0 Å². The monoisotopic (exact) mass is 252 g/mol. The highest BCUT2D eigenvalue weighted by molar-refractivity contribution is 6.30. The van der Waals surface area contributed by atoms with Gasteiger partial charge in [0.1, 0.15) is 5.75 Å². The number of ether oxygens (including phenoxy) is 1. The Morgan fingerprint density at radius 1 is 1.12 bits per heavy atom. The van der Waals surface area contributed by atoms with Crippen LogP contribution in [-0.4, -0.2) is 5.11 Å². The standard InChI is InChI=1S/C13H10ClFO2/c14-10-5-6-12(9(7-10)8-16)17-13-4-2-1-3-11(13)15/h1-7,16H,8H2. The maximum Gasteiger partial charge on any atom is 0.165 e. The summed E-state index contributed by atoms with van der Waals surface area (Å²) in [4.78, 5) is 0. The van der Waals surface area contributed by atoms with E-state index in [-0.39, 0.29) is 12.4 Å². The molecule has 0 aliphatic rings. The Morgan fingerprint density at radius 2 is 1.88 bits per heavy atom. The van der Waals surface area contributed by atoms with Crippen LogP contribution in [0.1, 0.15) is 5.56 Å². The molecule has 2 aromatic rings. The lowest BCUT2D eigenvalue weighted by Gasteiger charge is -2.10. The van der Waals surface area contributed by atoms with Crippen molar-refractivity contribution in [1.29, 1.82) is 0 Å². The molecule has 0 atom stereocenters. The van der Waals surface area contributed by atoms with Crippen molar-refractivity contribution in [3.8, 4) is 11.5 Å². The number of hydrogen-bond acceptors (Lipinski definition) is 2. The van der Waals surface area contributed by atoms with Gasteiger partial charge in [0, 0.05) is 10.6 Å². The van der Waals surface area contributed by atoms with Gasteiger partial charge in [-0.3, -0.25) is 0 Å². The second-order valence-corrected chi connectivity index (χ2v) is 3.88. The molecule has 2 rings (SSSR count). The summed E-state index contributed by atoms with van der Waals surface area (Å²) < 4.78 is 18.8. The molecule has 0 saturated carbocycles. The molecule has 0 aliphatic heterocycles. The first-order valence-electron chi connectivity index (χ1n) is 5.02. The van der Waals surface area contributed by atoms with E-state index in [0.29, 0.717) is 16.3 Å². The Hall–Kier alpha value is -1.58. The van der Waals surface area contributed by atoms with E-state index < -0.39 is 5.82 Å². The van der Waals surface area contributed by atoms with Gasteiger partial charge in [-0.1, -0.05) is 23.7 Å². The summed E-state index contributed by atoms with van der Waals surface area (Å²) in [5.41, 5.74) is 0.515. The second kappa shape index (κ2) is 5.17. The summed E-state index contributed by atoms with van der Waals surface area (Å²) >= 11 is 5.79. The molecule has 0 radical (unpaired) electrons. The third kappa shape index (κ3) is 2.75. The predicted molar refractivity (Wildman–Crippen MR) is 63.8 cm³/mol. The molecule has 0 fully saturated rings. The molecule has 0 amide bonds. The molecular weight excluding hydrogens is 243 g/mol. The lowest BCUT2D eigenvalue weighted by Crippen LogP contribution is -1.93. The first-order valence-corrected chi connectivity index (χ1v) is 5.40. The van der Waals surface area contributed by atoms with Crippen LogP contribution in [0, 0.1) is 5.82 Å². The average Bonchev–Trinajstić information content (AvgIpc) is 2.34. The molecule has 0 bridgehead atoms. The van der Waals surface area contributed by atoms with E-state index in [4.69, 9.17) is 21.4 Å². The average molecular weight is 253 g/mol. The van der Waals surface area contributed by atoms with E-state index >= 15 is 0 Å². The van der Waals surface area contributed by atoms with Crippen molar-refractivity contribution in [2.24, 2.45) is 0 Å². The fourth-order valence-corrected chi connectivity index (χ4v) is 1.61. The first kappa shape index (κ1) is 11.9. The Bertz CT molecular complexity index is 529. The van der Waals surface area contributed by atoms with Gasteiger partial charge in [-0.25, -0.2) is 4.39 Å². The summed E-state index contributed by atoms with van der Waals surface area (Å²) in [6.07, 6.45) is 0.